The summed E-state index contributed by atoms with van der Waals surface area (Å²) in [5.74, 6) is -0.535. The van der Waals surface area contributed by atoms with E-state index >= 15 is 0 Å². The van der Waals surface area contributed by atoms with Crippen LogP contribution in [-0.4, -0.2) is 50.3 Å². The highest BCUT2D eigenvalue weighted by molar-refractivity contribution is 5.77. The van der Waals surface area contributed by atoms with Gasteiger partial charge in [0.05, 0.1) is 23.8 Å². The van der Waals surface area contributed by atoms with E-state index in [0.29, 0.717) is 10.9 Å². The van der Waals surface area contributed by atoms with E-state index in [1.165, 1.54) is 10.9 Å². The quantitative estimate of drug-likeness (QED) is 0.894. The molecule has 1 aromatic heterocycles. The normalized spacial score (nSPS) is 21.2. The first-order valence-corrected chi connectivity index (χ1v) is 8.22. The summed E-state index contributed by atoms with van der Waals surface area (Å²) in [4.78, 5) is 29.8. The maximum atomic E-state index is 13.0. The summed E-state index contributed by atoms with van der Waals surface area (Å²) in [6.45, 7) is -0.612. The molecule has 1 fully saturated rings. The van der Waals surface area contributed by atoms with Gasteiger partial charge in [-0.05, 0) is 25.0 Å². The summed E-state index contributed by atoms with van der Waals surface area (Å²) in [7, 11) is 0. The molecule has 1 aromatic carbocycles. The number of rotatable bonds is 3. The van der Waals surface area contributed by atoms with Crippen LogP contribution in [0.25, 0.3) is 10.9 Å². The van der Waals surface area contributed by atoms with Gasteiger partial charge in [0, 0.05) is 19.5 Å². The highest BCUT2D eigenvalue weighted by Gasteiger charge is 2.55. The van der Waals surface area contributed by atoms with Crippen molar-refractivity contribution in [1.29, 1.82) is 0 Å². The molecule has 1 unspecified atom stereocenters. The van der Waals surface area contributed by atoms with Crippen molar-refractivity contribution in [3.05, 3.63) is 40.9 Å². The van der Waals surface area contributed by atoms with Gasteiger partial charge in [-0.25, -0.2) is 4.98 Å². The van der Waals surface area contributed by atoms with E-state index in [1.54, 1.807) is 24.3 Å². The number of halogens is 3. The van der Waals surface area contributed by atoms with Crippen molar-refractivity contribution < 1.29 is 23.1 Å². The summed E-state index contributed by atoms with van der Waals surface area (Å²) in [6.07, 6.45) is -3.97. The molecule has 26 heavy (non-hydrogen) atoms. The number of hydrogen-bond donors (Lipinski definition) is 1. The molecule has 1 amide bonds. The Labute approximate surface area is 146 Å². The SMILES string of the molecule is O=C(CCn1cnc2ccccc2c1=O)N1CCCC(O)(C(F)(F)F)C1. The van der Waals surface area contributed by atoms with Crippen molar-refractivity contribution in [3.8, 4) is 0 Å². The van der Waals surface area contributed by atoms with Gasteiger partial charge in [0.1, 0.15) is 0 Å². The van der Waals surface area contributed by atoms with Crippen molar-refractivity contribution in [2.45, 2.75) is 37.6 Å². The molecule has 1 saturated heterocycles. The topological polar surface area (TPSA) is 75.4 Å². The third-order valence-corrected chi connectivity index (χ3v) is 4.65. The maximum absolute atomic E-state index is 13.0. The Kier molecular flexibility index (Phi) is 4.74. The Morgan fingerprint density at radius 1 is 1.31 bits per heavy atom. The van der Waals surface area contributed by atoms with Crippen LogP contribution in [0.4, 0.5) is 13.2 Å². The largest absolute Gasteiger partial charge is 0.418 e. The molecule has 0 aliphatic carbocycles. The number of hydrogen-bond acceptors (Lipinski definition) is 4. The fraction of sp³-hybridized carbons (Fsp3) is 0.471. The minimum atomic E-state index is -4.79. The van der Waals surface area contributed by atoms with Gasteiger partial charge in [0.25, 0.3) is 5.56 Å². The van der Waals surface area contributed by atoms with Crippen LogP contribution >= 0.6 is 0 Å². The lowest BCUT2D eigenvalue weighted by atomic mass is 9.92. The predicted octanol–water partition coefficient (Wildman–Crippen LogP) is 1.70. The Hall–Kier alpha value is -2.42. The third-order valence-electron chi connectivity index (χ3n) is 4.65. The van der Waals surface area contributed by atoms with Gasteiger partial charge in [0.15, 0.2) is 5.60 Å². The number of piperidine rings is 1. The van der Waals surface area contributed by atoms with Crippen LogP contribution in [0, 0.1) is 0 Å². The Morgan fingerprint density at radius 2 is 2.04 bits per heavy atom. The molecule has 0 spiro atoms. The molecule has 9 heteroatoms. The van der Waals surface area contributed by atoms with Crippen molar-refractivity contribution in [3.63, 3.8) is 0 Å². The molecule has 3 rings (SSSR count). The first-order chi connectivity index (χ1) is 12.2. The van der Waals surface area contributed by atoms with Crippen LogP contribution in [0.3, 0.4) is 0 Å². The van der Waals surface area contributed by atoms with Gasteiger partial charge in [-0.15, -0.1) is 0 Å². The Balaban J connectivity index is 1.69. The predicted molar refractivity (Wildman–Crippen MR) is 87.4 cm³/mol. The van der Waals surface area contributed by atoms with Gasteiger partial charge in [-0.2, -0.15) is 13.2 Å². The molecule has 6 nitrogen and oxygen atoms in total. The van der Waals surface area contributed by atoms with Gasteiger partial charge < -0.3 is 10.0 Å². The van der Waals surface area contributed by atoms with Crippen LogP contribution in [0.15, 0.2) is 35.4 Å². The van der Waals surface area contributed by atoms with Gasteiger partial charge in [0.2, 0.25) is 5.91 Å². The number of aryl methyl sites for hydroxylation is 1. The molecule has 2 heterocycles. The monoisotopic (exact) mass is 369 g/mol. The molecular weight excluding hydrogens is 351 g/mol. The fourth-order valence-electron chi connectivity index (χ4n) is 3.12. The van der Waals surface area contributed by atoms with Crippen LogP contribution in [0.1, 0.15) is 19.3 Å². The third kappa shape index (κ3) is 3.44. The summed E-state index contributed by atoms with van der Waals surface area (Å²) >= 11 is 0. The van der Waals surface area contributed by atoms with Crippen LogP contribution in [0.5, 0.6) is 0 Å². The molecule has 1 aliphatic heterocycles. The molecule has 2 aromatic rings. The van der Waals surface area contributed by atoms with Crippen LogP contribution < -0.4 is 5.56 Å². The van der Waals surface area contributed by atoms with Crippen molar-refractivity contribution >= 4 is 16.8 Å². The van der Waals surface area contributed by atoms with E-state index in [2.05, 4.69) is 4.98 Å². The Morgan fingerprint density at radius 3 is 2.77 bits per heavy atom. The molecule has 0 saturated carbocycles. The average molecular weight is 369 g/mol. The maximum Gasteiger partial charge on any atom is 0.418 e. The highest BCUT2D eigenvalue weighted by Crippen LogP contribution is 2.37. The van der Waals surface area contributed by atoms with Crippen molar-refractivity contribution in [1.82, 2.24) is 14.5 Å². The first kappa shape index (κ1) is 18.4. The number of β-amino-alcohol motifs (C(OH)–C–C–N with tert-alkyl or cyclic N) is 1. The number of fused-ring (bicyclic) bond motifs is 1. The molecule has 0 radical (unpaired) electrons. The fourth-order valence-corrected chi connectivity index (χ4v) is 3.12. The van der Waals surface area contributed by atoms with E-state index in [9.17, 15) is 27.9 Å². The van der Waals surface area contributed by atoms with E-state index < -0.39 is 30.7 Å². The standard InChI is InChI=1S/C17H18F3N3O3/c18-17(19,20)16(26)7-3-8-22(10-16)14(24)6-9-23-11-21-13-5-2-1-4-12(13)15(23)25/h1-2,4-5,11,26H,3,6-10H2. The van der Waals surface area contributed by atoms with E-state index in [0.717, 1.165) is 4.90 Å². The molecule has 0 bridgehead atoms. The van der Waals surface area contributed by atoms with E-state index in [1.807, 2.05) is 0 Å². The molecular formula is C17H18F3N3O3. The number of carbonyl (C=O) groups is 1. The van der Waals surface area contributed by atoms with Crippen LogP contribution in [0.2, 0.25) is 0 Å². The average Bonchev–Trinajstić information content (AvgIpc) is 2.60. The lowest BCUT2D eigenvalue weighted by Gasteiger charge is -2.40. The number of amides is 1. The number of carbonyl (C=O) groups excluding carboxylic acids is 1. The molecule has 140 valence electrons. The minimum absolute atomic E-state index is 0.0104. The number of alkyl halides is 3. The van der Waals surface area contributed by atoms with E-state index in [4.69, 9.17) is 0 Å². The first-order valence-electron chi connectivity index (χ1n) is 8.22. The summed E-state index contributed by atoms with van der Waals surface area (Å²) in [5.41, 5.74) is -2.65. The second kappa shape index (κ2) is 6.71. The van der Waals surface area contributed by atoms with Gasteiger partial charge >= 0.3 is 6.18 Å². The Bertz CT molecular complexity index is 881. The summed E-state index contributed by atoms with van der Waals surface area (Å²) in [5, 5.41) is 10.2. The lowest BCUT2D eigenvalue weighted by molar-refractivity contribution is -0.272. The summed E-state index contributed by atoms with van der Waals surface area (Å²) < 4.78 is 40.2. The number of benzene rings is 1. The van der Waals surface area contributed by atoms with Crippen LogP contribution in [-0.2, 0) is 11.3 Å². The van der Waals surface area contributed by atoms with Gasteiger partial charge in [-0.3, -0.25) is 14.2 Å². The summed E-state index contributed by atoms with van der Waals surface area (Å²) in [6, 6.07) is 6.77. The zero-order chi connectivity index (χ0) is 18.9. The highest BCUT2D eigenvalue weighted by atomic mass is 19.4. The molecule has 1 atom stereocenters. The number of para-hydroxylation sites is 1. The number of aromatic nitrogens is 2. The van der Waals surface area contributed by atoms with E-state index in [-0.39, 0.29) is 31.5 Å². The number of likely N-dealkylation sites (tertiary alicyclic amines) is 1. The number of nitrogens with zero attached hydrogens (tertiary/aromatic N) is 3. The van der Waals surface area contributed by atoms with Crippen molar-refractivity contribution in [2.24, 2.45) is 0 Å². The molecule has 1 aliphatic rings. The number of aliphatic hydroxyl groups is 1. The minimum Gasteiger partial charge on any atom is -0.379 e. The second-order valence-corrected chi connectivity index (χ2v) is 6.46. The van der Waals surface area contributed by atoms with Gasteiger partial charge in [-0.1, -0.05) is 12.1 Å². The van der Waals surface area contributed by atoms with Crippen molar-refractivity contribution in [2.75, 3.05) is 13.1 Å². The smallest absolute Gasteiger partial charge is 0.379 e. The lowest BCUT2D eigenvalue weighted by Crippen LogP contribution is -2.58. The zero-order valence-corrected chi connectivity index (χ0v) is 13.9. The second-order valence-electron chi connectivity index (χ2n) is 6.46. The zero-order valence-electron chi connectivity index (χ0n) is 13.9. The molecule has 1 N–H and O–H groups in total.